The third-order valence-electron chi connectivity index (χ3n) is 24.0. The van der Waals surface area contributed by atoms with Gasteiger partial charge in [0.1, 0.15) is 0 Å². The average Bonchev–Trinajstić information content (AvgIpc) is 1.59. The zero-order chi connectivity index (χ0) is 83.1. The van der Waals surface area contributed by atoms with E-state index < -0.39 is 0 Å². The Morgan fingerprint density at radius 3 is 0.920 bits per heavy atom. The maximum Gasteiger partial charge on any atom is 0.238 e. The minimum atomic E-state index is 0.169. The van der Waals surface area contributed by atoms with Crippen LogP contribution < -0.4 is 0 Å². The molecular weight excluding hydrogens is 1540 g/mol. The van der Waals surface area contributed by atoms with Crippen molar-refractivity contribution in [3.63, 3.8) is 0 Å². The molecule has 0 amide bonds. The number of hydrogen-bond acceptors (Lipinski definition) is 6. The highest BCUT2D eigenvalue weighted by atomic mass is 35.5. The Morgan fingerprint density at radius 1 is 0.192 bits per heavy atom. The van der Waals surface area contributed by atoms with Crippen LogP contribution in [0, 0.1) is 0 Å². The second kappa shape index (κ2) is 32.7. The van der Waals surface area contributed by atoms with Crippen LogP contribution in [-0.2, 0) is 6.42 Å². The molecule has 0 saturated carbocycles. The molecule has 9 nitrogen and oxygen atoms in total. The number of benzene rings is 18. The van der Waals surface area contributed by atoms with E-state index in [1.807, 2.05) is 54.6 Å². The third kappa shape index (κ3) is 14.1. The van der Waals surface area contributed by atoms with E-state index in [-0.39, 0.29) is 5.28 Å². The first-order valence-electron chi connectivity index (χ1n) is 42.1. The summed E-state index contributed by atoms with van der Waals surface area (Å²) < 4.78 is 7.00. The van der Waals surface area contributed by atoms with Gasteiger partial charge >= 0.3 is 0 Å². The first kappa shape index (κ1) is 74.9. The number of hydrogen-bond donors (Lipinski definition) is 0. The lowest BCUT2D eigenvalue weighted by molar-refractivity contribution is 0.954. The predicted octanol–water partition coefficient (Wildman–Crippen LogP) is 29.6. The predicted molar refractivity (Wildman–Crippen MR) is 517 cm³/mol. The van der Waals surface area contributed by atoms with Crippen LogP contribution in [0.2, 0.25) is 5.28 Å². The van der Waals surface area contributed by atoms with Gasteiger partial charge in [-0.25, -0.2) is 9.97 Å². The number of fused-ring (bicyclic) bond motifs is 12. The van der Waals surface area contributed by atoms with E-state index in [0.29, 0.717) is 29.2 Å². The molecule has 0 unspecified atom stereocenters. The van der Waals surface area contributed by atoms with Crippen LogP contribution in [0.1, 0.15) is 11.1 Å². The van der Waals surface area contributed by atoms with Crippen molar-refractivity contribution < 1.29 is 0 Å². The Hall–Kier alpha value is -16.3. The summed E-state index contributed by atoms with van der Waals surface area (Å²) in [4.78, 5) is 29.3. The summed E-state index contributed by atoms with van der Waals surface area (Å²) in [6, 6.07) is 158. The minimum absolute atomic E-state index is 0.169. The fourth-order valence-corrected chi connectivity index (χ4v) is 18.3. The molecule has 5 heterocycles. The van der Waals surface area contributed by atoms with Gasteiger partial charge in [-0.05, 0) is 145 Å². The summed E-state index contributed by atoms with van der Waals surface area (Å²) in [6.45, 7) is 0. The van der Waals surface area contributed by atoms with Gasteiger partial charge in [0.05, 0.1) is 44.5 Å². The van der Waals surface area contributed by atoms with Gasteiger partial charge < -0.3 is 9.13 Å². The van der Waals surface area contributed by atoms with Crippen LogP contribution in [0.25, 0.3) is 206 Å². The molecule has 588 valence electrons. The monoisotopic (exact) mass is 1620 g/mol. The zero-order valence-corrected chi connectivity index (χ0v) is 68.6. The lowest BCUT2D eigenvalue weighted by atomic mass is 9.96. The van der Waals surface area contributed by atoms with Crippen LogP contribution in [0.15, 0.2) is 449 Å². The number of para-hydroxylation sites is 6. The van der Waals surface area contributed by atoms with Gasteiger partial charge in [0.2, 0.25) is 11.2 Å². The Kier molecular flexibility index (Phi) is 19.6. The molecule has 24 rings (SSSR count). The molecule has 0 N–H and O–H groups in total. The smallest absolute Gasteiger partial charge is 0.238 e. The van der Waals surface area contributed by atoms with Crippen molar-refractivity contribution in [2.75, 3.05) is 0 Å². The molecule has 0 aliphatic heterocycles. The maximum atomic E-state index is 6.36. The van der Waals surface area contributed by atoms with Gasteiger partial charge in [-0.3, -0.25) is 4.57 Å². The molecule has 0 radical (unpaired) electrons. The van der Waals surface area contributed by atoms with Crippen LogP contribution in [-0.4, -0.2) is 43.6 Å². The van der Waals surface area contributed by atoms with Crippen LogP contribution >= 0.6 is 11.6 Å². The Balaban J connectivity index is 0.000000127. The van der Waals surface area contributed by atoms with Gasteiger partial charge in [-0.15, -0.1) is 0 Å². The quantitative estimate of drug-likeness (QED) is 0.114. The number of aromatic nitrogens is 9. The third-order valence-corrected chi connectivity index (χ3v) is 24.1. The molecule has 5 aromatic heterocycles. The number of halogens is 1. The van der Waals surface area contributed by atoms with Gasteiger partial charge in [0.25, 0.3) is 0 Å². The van der Waals surface area contributed by atoms with E-state index in [1.54, 1.807) is 0 Å². The maximum absolute atomic E-state index is 6.36. The zero-order valence-electron chi connectivity index (χ0n) is 67.8. The molecule has 23 aromatic rings. The van der Waals surface area contributed by atoms with E-state index in [9.17, 15) is 0 Å². The fourth-order valence-electron chi connectivity index (χ4n) is 18.1. The molecular formula is C115H76ClN9. The van der Waals surface area contributed by atoms with Crippen molar-refractivity contribution in [1.82, 2.24) is 43.6 Å². The topological polar surface area (TPSA) is 92.1 Å². The molecule has 1 aliphatic carbocycles. The number of rotatable bonds is 13. The van der Waals surface area contributed by atoms with Gasteiger partial charge in [-0.2, -0.15) is 19.9 Å². The first-order valence-corrected chi connectivity index (χ1v) is 42.5. The summed E-state index contributed by atoms with van der Waals surface area (Å²) in [5, 5.41) is 7.39. The van der Waals surface area contributed by atoms with Crippen molar-refractivity contribution >= 4 is 77.0 Å². The molecule has 0 bridgehead atoms. The molecule has 0 saturated heterocycles. The molecule has 0 atom stereocenters. The minimum Gasteiger partial charge on any atom is -0.309 e. The van der Waals surface area contributed by atoms with Gasteiger partial charge in [0, 0.05) is 71.3 Å². The molecule has 0 fully saturated rings. The molecule has 0 spiro atoms. The van der Waals surface area contributed by atoms with E-state index in [0.717, 1.165) is 106 Å². The standard InChI is InChI=1S/C57H37N5.C39H25ClN4.C19H14/c1-4-17-38(18-5-1)43-35-36-53(61-50-28-13-10-23-45(50)46-24-11-14-29-51(46)61)49(37-43)40-31-33-42(34-32-40)56-58-55(41-21-8-3-9-22-41)59-57(60-56)62-52-30-15-12-25-47(52)48-27-16-26-44(54(48)62)39-19-6-2-7-20-39;40-39-42-37(28-13-5-2-6-14-28)41-38(43-39)29-21-19-27(20-22-29)33-25-30(26-11-3-1-4-12-26)23-24-36(33)44-34-17-9-7-15-31(34)32-16-8-10-18-35(32)44;1-2-7-14(8-3-1)16-11-6-12-18-17-10-5-4-9-15(17)13-19(16)18/h1-37H;1-25H;1-12H,13H2. The molecule has 18 aromatic carbocycles. The first-order chi connectivity index (χ1) is 61.9. The summed E-state index contributed by atoms with van der Waals surface area (Å²) in [5.74, 6) is 2.87. The lowest BCUT2D eigenvalue weighted by Crippen LogP contribution is -2.07. The number of nitrogens with zero attached hydrogens (tertiary/aromatic N) is 9. The van der Waals surface area contributed by atoms with Gasteiger partial charge in [-0.1, -0.05) is 394 Å². The second-order valence-corrected chi connectivity index (χ2v) is 31.6. The van der Waals surface area contributed by atoms with Crippen molar-refractivity contribution in [3.05, 3.63) is 465 Å². The molecule has 1 aliphatic rings. The average molecular weight is 1620 g/mol. The second-order valence-electron chi connectivity index (χ2n) is 31.3. The molecule has 10 heteroatoms. The van der Waals surface area contributed by atoms with E-state index >= 15 is 0 Å². The Bertz CT molecular complexity index is 7860. The lowest BCUT2D eigenvalue weighted by Gasteiger charge is -2.16. The SMILES string of the molecule is Clc1nc(-c2ccccc2)nc(-c2ccc(-c3cc(-c4ccccc4)ccc3-n3c4ccccc4c4ccccc43)cc2)n1.c1ccc(-c2ccc(-n3c4ccccc4c4ccccc43)c(-c3ccc(-c4nc(-c5ccccc5)nc(-n5c6ccccc6c6cccc(-c7ccccc7)c65)n4)cc3)c2)cc1.c1ccc(-c2cccc3c2Cc2ccccc2-3)cc1. The van der Waals surface area contributed by atoms with Crippen LogP contribution in [0.3, 0.4) is 0 Å². The Morgan fingerprint density at radius 2 is 0.480 bits per heavy atom. The Labute approximate surface area is 728 Å². The van der Waals surface area contributed by atoms with Crippen LogP contribution in [0.5, 0.6) is 0 Å². The summed E-state index contributed by atoms with van der Waals surface area (Å²) in [7, 11) is 0. The van der Waals surface area contributed by atoms with E-state index in [2.05, 4.69) is 418 Å². The van der Waals surface area contributed by atoms with Crippen molar-refractivity contribution in [1.29, 1.82) is 0 Å². The highest BCUT2D eigenvalue weighted by Crippen LogP contribution is 2.46. The fraction of sp³-hybridized carbons (Fsp3) is 0.00870. The summed E-state index contributed by atoms with van der Waals surface area (Å²) >= 11 is 6.36. The van der Waals surface area contributed by atoms with Crippen molar-refractivity contribution in [2.24, 2.45) is 0 Å². The highest BCUT2D eigenvalue weighted by Gasteiger charge is 2.26. The highest BCUT2D eigenvalue weighted by molar-refractivity contribution is 6.28. The van der Waals surface area contributed by atoms with Crippen molar-refractivity contribution in [2.45, 2.75) is 6.42 Å². The van der Waals surface area contributed by atoms with E-state index in [4.69, 9.17) is 31.5 Å². The van der Waals surface area contributed by atoms with E-state index in [1.165, 1.54) is 88.1 Å². The largest absolute Gasteiger partial charge is 0.309 e. The van der Waals surface area contributed by atoms with Crippen LogP contribution in [0.4, 0.5) is 0 Å². The van der Waals surface area contributed by atoms with Gasteiger partial charge in [0.15, 0.2) is 23.3 Å². The summed E-state index contributed by atoms with van der Waals surface area (Å²) in [6.07, 6.45) is 1.05. The molecule has 125 heavy (non-hydrogen) atoms. The summed E-state index contributed by atoms with van der Waals surface area (Å²) in [5.41, 5.74) is 32.3. The van der Waals surface area contributed by atoms with Crippen molar-refractivity contribution in [3.8, 4) is 141 Å². The normalized spacial score (nSPS) is 11.5.